The van der Waals surface area contributed by atoms with Crippen molar-refractivity contribution in [3.8, 4) is 5.00 Å². The van der Waals surface area contributed by atoms with E-state index in [0.717, 1.165) is 0 Å². The number of nitrogens with one attached hydrogen (secondary N) is 1. The van der Waals surface area contributed by atoms with Crippen LogP contribution in [0.2, 0.25) is 0 Å². The van der Waals surface area contributed by atoms with Gasteiger partial charge in [-0.2, -0.15) is 0 Å². The van der Waals surface area contributed by atoms with Gasteiger partial charge in [0.15, 0.2) is 0 Å². The van der Waals surface area contributed by atoms with Crippen LogP contribution in [0.3, 0.4) is 0 Å². The first kappa shape index (κ1) is 39.1. The van der Waals surface area contributed by atoms with Crippen molar-refractivity contribution in [2.24, 2.45) is 0 Å². The van der Waals surface area contributed by atoms with Crippen LogP contribution >= 0.6 is 38.6 Å². The van der Waals surface area contributed by atoms with Crippen LogP contribution < -0.4 is 0 Å². The normalized spacial score (nSPS) is 12.6. The zero-order chi connectivity index (χ0) is 38.5. The van der Waals surface area contributed by atoms with Gasteiger partial charge >= 0.3 is 0 Å². The quantitative estimate of drug-likeness (QED) is 0.171. The van der Waals surface area contributed by atoms with Gasteiger partial charge in [0.05, 0.1) is 19.8 Å². The fraction of sp³-hybridized carbons (Fsp3) is 0.333. The Balaban J connectivity index is 0.000000159. The summed E-state index contributed by atoms with van der Waals surface area (Å²) in [4.78, 5) is 3.54. The molecule has 0 saturated heterocycles. The van der Waals surface area contributed by atoms with Crippen LogP contribution in [0.4, 0.5) is 0 Å². The Hall–Kier alpha value is -3.64. The van der Waals surface area contributed by atoms with Gasteiger partial charge in [-0.15, -0.1) is 22.7 Å². The van der Waals surface area contributed by atoms with Crippen molar-refractivity contribution in [2.45, 2.75) is 105 Å². The Labute approximate surface area is 333 Å². The van der Waals surface area contributed by atoms with E-state index in [1.165, 1.54) is 74.7 Å². The first-order valence-electron chi connectivity index (χ1n) is 18.6. The number of nitrogens with zero attached hydrogens (tertiary/aromatic N) is 1. The summed E-state index contributed by atoms with van der Waals surface area (Å²) >= 11 is 6.79. The van der Waals surface area contributed by atoms with Gasteiger partial charge in [-0.3, -0.25) is 0 Å². The van der Waals surface area contributed by atoms with Crippen LogP contribution in [-0.4, -0.2) is 9.55 Å². The van der Waals surface area contributed by atoms with Crippen molar-refractivity contribution in [1.82, 2.24) is 9.55 Å². The van der Waals surface area contributed by atoms with Crippen LogP contribution in [-0.2, 0) is 21.7 Å². The number of hydrogen-bond acceptors (Lipinski definition) is 2. The highest BCUT2D eigenvalue weighted by Gasteiger charge is 2.21. The maximum atomic E-state index is 3.54. The van der Waals surface area contributed by atoms with Gasteiger partial charge in [0, 0.05) is 32.6 Å². The second kappa shape index (κ2) is 14.5. The van der Waals surface area contributed by atoms with Crippen LogP contribution in [0.5, 0.6) is 0 Å². The molecule has 4 heterocycles. The third-order valence-corrected chi connectivity index (χ3v) is 12.4. The average Bonchev–Trinajstić information content (AvgIpc) is 3.88. The molecule has 4 aromatic carbocycles. The molecule has 5 heteroatoms. The summed E-state index contributed by atoms with van der Waals surface area (Å²) in [7, 11) is 0. The van der Waals surface area contributed by atoms with E-state index in [4.69, 9.17) is 0 Å². The third-order valence-electron chi connectivity index (χ3n) is 10.0. The Bertz CT molecular complexity index is 2340. The lowest BCUT2D eigenvalue weighted by Gasteiger charge is -2.19. The van der Waals surface area contributed by atoms with Gasteiger partial charge in [-0.25, -0.2) is 0 Å². The number of thiophene rings is 2. The molecular formula is C48H55BrN2S2. The van der Waals surface area contributed by atoms with Crippen molar-refractivity contribution < 1.29 is 0 Å². The third kappa shape index (κ3) is 8.53. The Morgan fingerprint density at radius 3 is 1.15 bits per heavy atom. The molecule has 0 unspecified atom stereocenters. The fourth-order valence-electron chi connectivity index (χ4n) is 6.68. The predicted molar refractivity (Wildman–Crippen MR) is 241 cm³/mol. The second-order valence-electron chi connectivity index (χ2n) is 18.3. The van der Waals surface area contributed by atoms with Crippen molar-refractivity contribution >= 4 is 82.2 Å². The number of aromatic amines is 1. The fourth-order valence-corrected chi connectivity index (χ4v) is 8.36. The molecule has 8 rings (SSSR count). The van der Waals surface area contributed by atoms with Crippen LogP contribution in [0.15, 0.2) is 112 Å². The average molecular weight is 804 g/mol. The van der Waals surface area contributed by atoms with E-state index in [2.05, 4.69) is 199 Å². The van der Waals surface area contributed by atoms with Gasteiger partial charge in [0.1, 0.15) is 0 Å². The Morgan fingerprint density at radius 2 is 0.830 bits per heavy atom. The maximum Gasteiger partial charge on any atom is 0.0999 e. The summed E-state index contributed by atoms with van der Waals surface area (Å²) in [6.07, 6.45) is 0. The number of aromatic nitrogens is 2. The topological polar surface area (TPSA) is 20.7 Å². The molecule has 8 aromatic rings. The molecule has 0 aliphatic carbocycles. The minimum absolute atomic E-state index is 0.146. The molecule has 0 amide bonds. The molecule has 0 atom stereocenters. The number of H-pyrrole nitrogens is 1. The van der Waals surface area contributed by atoms with Crippen LogP contribution in [0, 0.1) is 0 Å². The van der Waals surface area contributed by atoms with Gasteiger partial charge in [-0.1, -0.05) is 113 Å². The lowest BCUT2D eigenvalue weighted by atomic mass is 9.85. The molecule has 0 radical (unpaired) electrons. The largest absolute Gasteiger partial charge is 0.355 e. The summed E-state index contributed by atoms with van der Waals surface area (Å²) < 4.78 is 3.61. The SMILES string of the molecule is Brc1cccs1.CC(C)(C)c1ccc2[nH]c3ccc(C(C)(C)C)cc3c2c1.CC(C)(C)c1ccc2c(c1)c1cc(C(C)(C)C)ccc1n2-c1cccs1. The van der Waals surface area contributed by atoms with E-state index < -0.39 is 0 Å². The Morgan fingerprint density at radius 1 is 0.453 bits per heavy atom. The molecule has 1 N–H and O–H groups in total. The molecular weight excluding hydrogens is 749 g/mol. The van der Waals surface area contributed by atoms with E-state index in [1.54, 1.807) is 22.7 Å². The van der Waals surface area contributed by atoms with Crippen LogP contribution in [0.25, 0.3) is 48.6 Å². The predicted octanol–water partition coefficient (Wildman–Crippen LogP) is 15.9. The molecule has 0 spiro atoms. The lowest BCUT2D eigenvalue weighted by molar-refractivity contribution is 0.590. The minimum Gasteiger partial charge on any atom is -0.355 e. The van der Waals surface area contributed by atoms with Crippen molar-refractivity contribution in [3.63, 3.8) is 0 Å². The van der Waals surface area contributed by atoms with Crippen molar-refractivity contribution in [1.29, 1.82) is 0 Å². The number of rotatable bonds is 1. The molecule has 0 aliphatic heterocycles. The number of halogens is 1. The number of hydrogen-bond donors (Lipinski definition) is 1. The molecule has 276 valence electrons. The van der Waals surface area contributed by atoms with Gasteiger partial charge in [0.2, 0.25) is 0 Å². The van der Waals surface area contributed by atoms with Gasteiger partial charge in [0.25, 0.3) is 0 Å². The summed E-state index contributed by atoms with van der Waals surface area (Å²) in [6, 6.07) is 35.9. The molecule has 4 aromatic heterocycles. The standard InChI is InChI=1S/C24H27NS.C20H25N.C4H3BrS/c1-23(2,3)16-9-11-20-18(14-16)19-15-17(24(4,5)6)10-12-21(19)25(20)22-8-7-13-26-22;1-19(2,3)13-7-9-17-15(11-13)16-12-14(20(4,5)6)8-10-18(16)21-17;5-4-2-1-3-6-4/h7-15H,1-6H3;7-12,21H,1-6H3;1-3H. The molecule has 2 nitrogen and oxygen atoms in total. The zero-order valence-electron chi connectivity index (χ0n) is 33.5. The van der Waals surface area contributed by atoms with E-state index in [0.29, 0.717) is 0 Å². The molecule has 0 saturated carbocycles. The first-order valence-corrected chi connectivity index (χ1v) is 21.2. The van der Waals surface area contributed by atoms with Gasteiger partial charge < -0.3 is 9.55 Å². The van der Waals surface area contributed by atoms with Crippen molar-refractivity contribution in [3.05, 3.63) is 134 Å². The number of fused-ring (bicyclic) bond motifs is 6. The summed E-state index contributed by atoms with van der Waals surface area (Å²) in [5.41, 5.74) is 11.2. The van der Waals surface area contributed by atoms with E-state index in [9.17, 15) is 0 Å². The Kier molecular flexibility index (Phi) is 10.7. The summed E-state index contributed by atoms with van der Waals surface area (Å²) in [5, 5.41) is 10.8. The first-order chi connectivity index (χ1) is 24.7. The molecule has 0 aliphatic rings. The second-order valence-corrected chi connectivity index (χ2v) is 21.6. The smallest absolute Gasteiger partial charge is 0.0999 e. The summed E-state index contributed by atoms with van der Waals surface area (Å²) in [6.45, 7) is 27.3. The highest BCUT2D eigenvalue weighted by Crippen LogP contribution is 2.38. The molecule has 53 heavy (non-hydrogen) atoms. The van der Waals surface area contributed by atoms with E-state index >= 15 is 0 Å². The molecule has 0 bridgehead atoms. The maximum absolute atomic E-state index is 3.54. The van der Waals surface area contributed by atoms with E-state index in [-0.39, 0.29) is 21.7 Å². The van der Waals surface area contributed by atoms with Gasteiger partial charge in [-0.05, 0) is 137 Å². The zero-order valence-corrected chi connectivity index (χ0v) is 36.8. The highest BCUT2D eigenvalue weighted by molar-refractivity contribution is 9.11. The van der Waals surface area contributed by atoms with Crippen LogP contribution in [0.1, 0.15) is 105 Å². The van der Waals surface area contributed by atoms with E-state index in [1.807, 2.05) is 17.5 Å². The highest BCUT2D eigenvalue weighted by atomic mass is 79.9. The molecule has 0 fully saturated rings. The monoisotopic (exact) mass is 802 g/mol. The number of benzene rings is 4. The minimum atomic E-state index is 0.146. The van der Waals surface area contributed by atoms with Crippen molar-refractivity contribution in [2.75, 3.05) is 0 Å². The summed E-state index contributed by atoms with van der Waals surface area (Å²) in [5.74, 6) is 0. The lowest BCUT2D eigenvalue weighted by Crippen LogP contribution is -2.10.